The molecule has 1 aliphatic heterocycles. The molecule has 6 nitrogen and oxygen atoms in total. The highest BCUT2D eigenvalue weighted by Gasteiger charge is 2.48. The lowest BCUT2D eigenvalue weighted by Gasteiger charge is -2.38. The van der Waals surface area contributed by atoms with E-state index >= 15 is 0 Å². The van der Waals surface area contributed by atoms with E-state index in [1.54, 1.807) is 12.0 Å². The lowest BCUT2D eigenvalue weighted by atomic mass is 9.88. The fourth-order valence-electron chi connectivity index (χ4n) is 5.28. The maximum absolute atomic E-state index is 13.5. The molecule has 1 heterocycles. The van der Waals surface area contributed by atoms with Crippen LogP contribution >= 0.6 is 0 Å². The van der Waals surface area contributed by atoms with E-state index in [1.807, 2.05) is 30.3 Å². The number of carbonyl (C=O) groups is 2. The summed E-state index contributed by atoms with van der Waals surface area (Å²) in [4.78, 5) is 33.1. The lowest BCUT2D eigenvalue weighted by molar-refractivity contribution is -0.134. The first-order valence-corrected chi connectivity index (χ1v) is 11.6. The second kappa shape index (κ2) is 8.41. The zero-order chi connectivity index (χ0) is 22.1. The van der Waals surface area contributed by atoms with Crippen molar-refractivity contribution in [2.45, 2.75) is 57.0 Å². The van der Waals surface area contributed by atoms with E-state index in [-0.39, 0.29) is 18.4 Å². The Labute approximate surface area is 188 Å². The van der Waals surface area contributed by atoms with Crippen LogP contribution in [-0.2, 0) is 22.4 Å². The van der Waals surface area contributed by atoms with Crippen molar-refractivity contribution < 1.29 is 14.3 Å². The Morgan fingerprint density at radius 3 is 2.53 bits per heavy atom. The van der Waals surface area contributed by atoms with Crippen molar-refractivity contribution in [2.24, 2.45) is 4.99 Å². The monoisotopic (exact) mass is 431 g/mol. The number of carbonyl (C=O) groups excluding carboxylic acids is 2. The molecular formula is C26H29N3O3. The molecule has 2 aromatic rings. The predicted molar refractivity (Wildman–Crippen MR) is 124 cm³/mol. The van der Waals surface area contributed by atoms with Gasteiger partial charge >= 0.3 is 0 Å². The Balaban J connectivity index is 1.37. The summed E-state index contributed by atoms with van der Waals surface area (Å²) < 4.78 is 5.24. The number of hydrogen-bond donors (Lipinski definition) is 1. The van der Waals surface area contributed by atoms with Crippen LogP contribution in [0.5, 0.6) is 5.75 Å². The number of hydrogen-bond acceptors (Lipinski definition) is 4. The summed E-state index contributed by atoms with van der Waals surface area (Å²) >= 11 is 0. The molecule has 166 valence electrons. The van der Waals surface area contributed by atoms with Crippen LogP contribution in [0.3, 0.4) is 0 Å². The van der Waals surface area contributed by atoms with Crippen LogP contribution in [-0.4, -0.2) is 41.7 Å². The first-order valence-electron chi connectivity index (χ1n) is 11.6. The topological polar surface area (TPSA) is 71.0 Å². The minimum atomic E-state index is -0.611. The number of anilines is 1. The van der Waals surface area contributed by atoms with Crippen LogP contribution < -0.4 is 10.1 Å². The van der Waals surface area contributed by atoms with Crippen LogP contribution in [0, 0.1) is 0 Å². The number of benzene rings is 2. The molecule has 2 aromatic carbocycles. The third kappa shape index (κ3) is 3.78. The number of aliphatic imine (C=N–C) groups is 1. The Hall–Kier alpha value is -3.15. The Bertz CT molecular complexity index is 1070. The first-order chi connectivity index (χ1) is 15.6. The van der Waals surface area contributed by atoms with Gasteiger partial charge in [-0.15, -0.1) is 0 Å². The van der Waals surface area contributed by atoms with Gasteiger partial charge in [0.2, 0.25) is 5.91 Å². The quantitative estimate of drug-likeness (QED) is 0.774. The molecule has 0 saturated heterocycles. The highest BCUT2D eigenvalue weighted by atomic mass is 16.5. The molecule has 6 heteroatoms. The van der Waals surface area contributed by atoms with E-state index in [1.165, 1.54) is 17.5 Å². The minimum Gasteiger partial charge on any atom is -0.497 e. The van der Waals surface area contributed by atoms with Gasteiger partial charge < -0.3 is 15.0 Å². The Morgan fingerprint density at radius 2 is 1.78 bits per heavy atom. The molecule has 32 heavy (non-hydrogen) atoms. The smallest absolute Gasteiger partial charge is 0.275 e. The Morgan fingerprint density at radius 1 is 1.03 bits per heavy atom. The molecule has 1 saturated carbocycles. The third-order valence-electron chi connectivity index (χ3n) is 6.97. The van der Waals surface area contributed by atoms with Crippen molar-refractivity contribution in [1.82, 2.24) is 4.90 Å². The van der Waals surface area contributed by atoms with Gasteiger partial charge in [-0.1, -0.05) is 12.5 Å². The molecule has 0 aromatic heterocycles. The third-order valence-corrected chi connectivity index (χ3v) is 6.97. The average molecular weight is 432 g/mol. The number of methoxy groups -OCH3 is 1. The maximum atomic E-state index is 13.5. The Kier molecular flexibility index (Phi) is 5.45. The van der Waals surface area contributed by atoms with Crippen molar-refractivity contribution >= 4 is 23.2 Å². The van der Waals surface area contributed by atoms with Crippen LogP contribution in [0.4, 0.5) is 5.69 Å². The van der Waals surface area contributed by atoms with Crippen LogP contribution in [0.25, 0.3) is 0 Å². The summed E-state index contributed by atoms with van der Waals surface area (Å²) in [6.07, 6.45) is 8.09. The molecule has 2 aliphatic carbocycles. The van der Waals surface area contributed by atoms with Gasteiger partial charge in [-0.05, 0) is 92.5 Å². The van der Waals surface area contributed by atoms with Crippen molar-refractivity contribution in [3.8, 4) is 5.75 Å². The van der Waals surface area contributed by atoms with Crippen LogP contribution in [0.2, 0.25) is 0 Å². The van der Waals surface area contributed by atoms with Gasteiger partial charge in [-0.3, -0.25) is 14.6 Å². The molecule has 1 fully saturated rings. The summed E-state index contributed by atoms with van der Waals surface area (Å²) in [6, 6.07) is 13.5. The summed E-state index contributed by atoms with van der Waals surface area (Å²) in [6.45, 7) is 0.0130. The standard InChI is InChI=1S/C26H29N3O3/c1-32-22-12-9-19(10-13-22)24-25(31)29(26(28-24)14-3-2-4-15-26)17-23(30)27-21-11-8-18-6-5-7-20(18)16-21/h8-13,16H,2-7,14-15,17H2,1H3,(H,27,30). The van der Waals surface area contributed by atoms with Gasteiger partial charge in [0.05, 0.1) is 7.11 Å². The van der Waals surface area contributed by atoms with Gasteiger partial charge in [0.1, 0.15) is 23.7 Å². The molecular weight excluding hydrogens is 402 g/mol. The van der Waals surface area contributed by atoms with Crippen LogP contribution in [0.1, 0.15) is 55.2 Å². The second-order valence-electron chi connectivity index (χ2n) is 9.01. The number of nitrogens with one attached hydrogen (secondary N) is 1. The first kappa shape index (κ1) is 20.7. The fourth-order valence-corrected chi connectivity index (χ4v) is 5.28. The van der Waals surface area contributed by atoms with E-state index in [4.69, 9.17) is 9.73 Å². The van der Waals surface area contributed by atoms with Gasteiger partial charge in [-0.2, -0.15) is 0 Å². The molecule has 1 spiro atoms. The fraction of sp³-hybridized carbons (Fsp3) is 0.423. The largest absolute Gasteiger partial charge is 0.497 e. The number of rotatable bonds is 5. The zero-order valence-electron chi connectivity index (χ0n) is 18.5. The minimum absolute atomic E-state index is 0.0130. The molecule has 2 amide bonds. The van der Waals surface area contributed by atoms with Gasteiger partial charge in [0, 0.05) is 11.3 Å². The normalized spacial score (nSPS) is 19.1. The van der Waals surface area contributed by atoms with E-state index in [9.17, 15) is 9.59 Å². The van der Waals surface area contributed by atoms with Crippen LogP contribution in [0.15, 0.2) is 47.5 Å². The number of amides is 2. The van der Waals surface area contributed by atoms with Gasteiger partial charge in [-0.25, -0.2) is 0 Å². The van der Waals surface area contributed by atoms with Gasteiger partial charge in [0.25, 0.3) is 5.91 Å². The number of ether oxygens (including phenoxy) is 1. The lowest BCUT2D eigenvalue weighted by Crippen LogP contribution is -2.51. The maximum Gasteiger partial charge on any atom is 0.275 e. The molecule has 3 aliphatic rings. The molecule has 0 unspecified atom stereocenters. The molecule has 5 rings (SSSR count). The van der Waals surface area contributed by atoms with E-state index in [0.717, 1.165) is 61.9 Å². The zero-order valence-corrected chi connectivity index (χ0v) is 18.5. The summed E-state index contributed by atoms with van der Waals surface area (Å²) in [5.74, 6) is 0.395. The number of fused-ring (bicyclic) bond motifs is 1. The molecule has 0 atom stereocenters. The van der Waals surface area contributed by atoms with Gasteiger partial charge in [0.15, 0.2) is 0 Å². The van der Waals surface area contributed by atoms with E-state index < -0.39 is 5.66 Å². The number of aryl methyl sites for hydroxylation is 2. The van der Waals surface area contributed by atoms with E-state index in [0.29, 0.717) is 5.71 Å². The SMILES string of the molecule is COc1ccc(C2=NC3(CCCCC3)N(CC(=O)Nc3ccc4c(c3)CCC4)C2=O)cc1. The number of nitrogens with zero attached hydrogens (tertiary/aromatic N) is 2. The van der Waals surface area contributed by atoms with Crippen molar-refractivity contribution in [1.29, 1.82) is 0 Å². The van der Waals surface area contributed by atoms with Crippen molar-refractivity contribution in [3.05, 3.63) is 59.2 Å². The summed E-state index contributed by atoms with van der Waals surface area (Å²) in [7, 11) is 1.62. The highest BCUT2D eigenvalue weighted by Crippen LogP contribution is 2.39. The molecule has 1 N–H and O–H groups in total. The van der Waals surface area contributed by atoms with Crippen molar-refractivity contribution in [2.75, 3.05) is 19.0 Å². The molecule has 0 radical (unpaired) electrons. The summed E-state index contributed by atoms with van der Waals surface area (Å²) in [5.41, 5.74) is 4.09. The average Bonchev–Trinajstić information content (AvgIpc) is 3.38. The molecule has 0 bridgehead atoms. The van der Waals surface area contributed by atoms with E-state index in [2.05, 4.69) is 17.4 Å². The predicted octanol–water partition coefficient (Wildman–Crippen LogP) is 4.11. The second-order valence-corrected chi connectivity index (χ2v) is 9.01. The van der Waals surface area contributed by atoms with Crippen molar-refractivity contribution in [3.63, 3.8) is 0 Å². The summed E-state index contributed by atoms with van der Waals surface area (Å²) in [5, 5.41) is 3.01. The highest BCUT2D eigenvalue weighted by molar-refractivity contribution is 6.47.